The summed E-state index contributed by atoms with van der Waals surface area (Å²) in [5, 5.41) is 10.1. The molecule has 0 aliphatic heterocycles. The quantitative estimate of drug-likeness (QED) is 0.688. The molecule has 1 N–H and O–H groups in total. The highest BCUT2D eigenvalue weighted by atomic mass is 16.3. The first-order valence-corrected chi connectivity index (χ1v) is 6.77. The van der Waals surface area contributed by atoms with Gasteiger partial charge in [-0.1, -0.05) is 30.3 Å². The van der Waals surface area contributed by atoms with Crippen molar-refractivity contribution in [2.45, 2.75) is 6.92 Å². The van der Waals surface area contributed by atoms with Crippen LogP contribution >= 0.6 is 0 Å². The van der Waals surface area contributed by atoms with Crippen LogP contribution in [0.4, 0.5) is 5.69 Å². The maximum absolute atomic E-state index is 11.9. The summed E-state index contributed by atoms with van der Waals surface area (Å²) < 4.78 is 0. The lowest BCUT2D eigenvalue weighted by Gasteiger charge is -2.13. The van der Waals surface area contributed by atoms with Crippen LogP contribution in [-0.2, 0) is 4.79 Å². The number of aromatic hydroxyl groups is 1. The third-order valence-corrected chi connectivity index (χ3v) is 3.29. The number of allylic oxidation sites excluding steroid dienone is 1. The SMILES string of the molecule is CC(=O)/C(=C/c1ccc(N(C)C)cc1O)c1ccccc1. The van der Waals surface area contributed by atoms with Gasteiger partial charge in [0, 0.05) is 37.0 Å². The van der Waals surface area contributed by atoms with Gasteiger partial charge in [-0.15, -0.1) is 0 Å². The van der Waals surface area contributed by atoms with Gasteiger partial charge in [0.1, 0.15) is 5.75 Å². The highest BCUT2D eigenvalue weighted by molar-refractivity contribution is 6.24. The number of phenolic OH excluding ortho intramolecular Hbond substituents is 1. The average molecular weight is 281 g/mol. The van der Waals surface area contributed by atoms with E-state index in [0.29, 0.717) is 11.1 Å². The summed E-state index contributed by atoms with van der Waals surface area (Å²) in [5.74, 6) is 0.133. The van der Waals surface area contributed by atoms with Crippen molar-refractivity contribution in [3.63, 3.8) is 0 Å². The monoisotopic (exact) mass is 281 g/mol. The van der Waals surface area contributed by atoms with E-state index in [-0.39, 0.29) is 11.5 Å². The number of hydrogen-bond acceptors (Lipinski definition) is 3. The van der Waals surface area contributed by atoms with Gasteiger partial charge >= 0.3 is 0 Å². The minimum atomic E-state index is -0.0303. The number of hydrogen-bond donors (Lipinski definition) is 1. The molecule has 0 saturated heterocycles. The molecule has 21 heavy (non-hydrogen) atoms. The lowest BCUT2D eigenvalue weighted by Crippen LogP contribution is -2.08. The zero-order valence-electron chi connectivity index (χ0n) is 12.5. The number of rotatable bonds is 4. The van der Waals surface area contributed by atoms with Gasteiger partial charge in [0.05, 0.1) is 0 Å². The molecule has 2 aromatic carbocycles. The van der Waals surface area contributed by atoms with E-state index in [1.807, 2.05) is 61.5 Å². The molecule has 0 radical (unpaired) electrons. The second kappa shape index (κ2) is 6.27. The van der Waals surface area contributed by atoms with Crippen LogP contribution < -0.4 is 4.90 Å². The molecule has 2 aromatic rings. The molecule has 0 amide bonds. The van der Waals surface area contributed by atoms with Crippen LogP contribution in [0.5, 0.6) is 5.75 Å². The lowest BCUT2D eigenvalue weighted by molar-refractivity contribution is -0.111. The third kappa shape index (κ3) is 3.51. The number of benzene rings is 2. The first-order valence-electron chi connectivity index (χ1n) is 6.77. The number of carbonyl (C=O) groups is 1. The minimum Gasteiger partial charge on any atom is -0.507 e. The molecule has 0 spiro atoms. The Morgan fingerprint density at radius 3 is 2.29 bits per heavy atom. The first-order chi connectivity index (χ1) is 9.99. The van der Waals surface area contributed by atoms with Gasteiger partial charge in [-0.25, -0.2) is 0 Å². The van der Waals surface area contributed by atoms with Crippen molar-refractivity contribution in [1.82, 2.24) is 0 Å². The summed E-state index contributed by atoms with van der Waals surface area (Å²) in [6.45, 7) is 1.53. The Balaban J connectivity index is 2.47. The molecule has 0 atom stereocenters. The third-order valence-electron chi connectivity index (χ3n) is 3.29. The number of phenols is 1. The number of Topliss-reactive ketones (excluding diaryl/α,β-unsaturated/α-hetero) is 1. The van der Waals surface area contributed by atoms with Crippen LogP contribution in [0, 0.1) is 0 Å². The minimum absolute atomic E-state index is 0.0303. The molecule has 0 aromatic heterocycles. The maximum Gasteiger partial charge on any atom is 0.160 e. The Morgan fingerprint density at radius 2 is 1.76 bits per heavy atom. The molecule has 0 fully saturated rings. The molecular formula is C18H19NO2. The van der Waals surface area contributed by atoms with Gasteiger partial charge in [0.25, 0.3) is 0 Å². The molecule has 0 saturated carbocycles. The molecule has 0 unspecified atom stereocenters. The van der Waals surface area contributed by atoms with E-state index in [0.717, 1.165) is 11.3 Å². The van der Waals surface area contributed by atoms with Crippen molar-refractivity contribution < 1.29 is 9.90 Å². The fourth-order valence-electron chi connectivity index (χ4n) is 2.09. The van der Waals surface area contributed by atoms with Gasteiger partial charge in [0.15, 0.2) is 5.78 Å². The summed E-state index contributed by atoms with van der Waals surface area (Å²) in [5.41, 5.74) is 2.98. The number of ketones is 1. The van der Waals surface area contributed by atoms with E-state index < -0.39 is 0 Å². The predicted octanol–water partition coefficient (Wildman–Crippen LogP) is 3.59. The van der Waals surface area contributed by atoms with Crippen LogP contribution in [0.15, 0.2) is 48.5 Å². The molecule has 3 heteroatoms. The van der Waals surface area contributed by atoms with E-state index in [1.54, 1.807) is 12.1 Å². The lowest BCUT2D eigenvalue weighted by atomic mass is 9.99. The van der Waals surface area contributed by atoms with Gasteiger partial charge < -0.3 is 10.0 Å². The zero-order chi connectivity index (χ0) is 15.4. The summed E-state index contributed by atoms with van der Waals surface area (Å²) >= 11 is 0. The van der Waals surface area contributed by atoms with Gasteiger partial charge in [-0.2, -0.15) is 0 Å². The van der Waals surface area contributed by atoms with Crippen LogP contribution in [0.25, 0.3) is 11.6 Å². The number of nitrogens with zero attached hydrogens (tertiary/aromatic N) is 1. The average Bonchev–Trinajstić information content (AvgIpc) is 2.46. The second-order valence-corrected chi connectivity index (χ2v) is 5.12. The highest BCUT2D eigenvalue weighted by Crippen LogP contribution is 2.28. The van der Waals surface area contributed by atoms with Crippen molar-refractivity contribution in [2.75, 3.05) is 19.0 Å². The standard InChI is InChI=1S/C18H19NO2/c1-13(20)17(14-7-5-4-6-8-14)11-15-9-10-16(19(2)3)12-18(15)21/h4-12,21H,1-3H3/b17-11-. The highest BCUT2D eigenvalue weighted by Gasteiger charge is 2.09. The van der Waals surface area contributed by atoms with Crippen LogP contribution in [0.1, 0.15) is 18.1 Å². The Kier molecular flexibility index (Phi) is 4.43. The second-order valence-electron chi connectivity index (χ2n) is 5.12. The van der Waals surface area contributed by atoms with E-state index in [1.165, 1.54) is 6.92 Å². The molecule has 3 nitrogen and oxygen atoms in total. The van der Waals surface area contributed by atoms with Crippen molar-refractivity contribution in [3.8, 4) is 5.75 Å². The largest absolute Gasteiger partial charge is 0.507 e. The zero-order valence-corrected chi connectivity index (χ0v) is 12.5. The van der Waals surface area contributed by atoms with E-state index in [4.69, 9.17) is 0 Å². The molecular weight excluding hydrogens is 262 g/mol. The first kappa shape index (κ1) is 14.9. The van der Waals surface area contributed by atoms with Gasteiger partial charge in [0.2, 0.25) is 0 Å². The number of anilines is 1. The number of carbonyl (C=O) groups excluding carboxylic acids is 1. The van der Waals surface area contributed by atoms with Crippen LogP contribution in [0.2, 0.25) is 0 Å². The normalized spacial score (nSPS) is 11.3. The molecule has 108 valence electrons. The molecule has 0 aliphatic rings. The molecule has 0 heterocycles. The molecule has 0 bridgehead atoms. The predicted molar refractivity (Wildman–Crippen MR) is 87.4 cm³/mol. The smallest absolute Gasteiger partial charge is 0.160 e. The molecule has 0 aliphatic carbocycles. The van der Waals surface area contributed by atoms with Gasteiger partial charge in [-0.3, -0.25) is 4.79 Å². The Labute approximate surface area is 125 Å². The van der Waals surface area contributed by atoms with Crippen LogP contribution in [-0.4, -0.2) is 25.0 Å². The van der Waals surface area contributed by atoms with Crippen molar-refractivity contribution in [3.05, 3.63) is 59.7 Å². The van der Waals surface area contributed by atoms with Crippen molar-refractivity contribution in [2.24, 2.45) is 0 Å². The van der Waals surface area contributed by atoms with Crippen LogP contribution in [0.3, 0.4) is 0 Å². The van der Waals surface area contributed by atoms with E-state index in [2.05, 4.69) is 0 Å². The van der Waals surface area contributed by atoms with Gasteiger partial charge in [-0.05, 0) is 30.7 Å². The fraction of sp³-hybridized carbons (Fsp3) is 0.167. The Morgan fingerprint density at radius 1 is 1.10 bits per heavy atom. The topological polar surface area (TPSA) is 40.5 Å². The Bertz CT molecular complexity index is 673. The van der Waals surface area contributed by atoms with E-state index in [9.17, 15) is 9.90 Å². The maximum atomic E-state index is 11.9. The van der Waals surface area contributed by atoms with E-state index >= 15 is 0 Å². The summed E-state index contributed by atoms with van der Waals surface area (Å²) in [7, 11) is 3.82. The fourth-order valence-corrected chi connectivity index (χ4v) is 2.09. The summed E-state index contributed by atoms with van der Waals surface area (Å²) in [6.07, 6.45) is 1.73. The molecule has 2 rings (SSSR count). The Hall–Kier alpha value is -2.55. The summed E-state index contributed by atoms with van der Waals surface area (Å²) in [6, 6.07) is 14.9. The van der Waals surface area contributed by atoms with Crippen molar-refractivity contribution >= 4 is 23.1 Å². The van der Waals surface area contributed by atoms with Crippen molar-refractivity contribution in [1.29, 1.82) is 0 Å². The summed E-state index contributed by atoms with van der Waals surface area (Å²) in [4.78, 5) is 13.8.